The molecule has 0 radical (unpaired) electrons. The fraction of sp³-hybridized carbons (Fsp3) is 0. The second kappa shape index (κ2) is 2.99. The van der Waals surface area contributed by atoms with E-state index in [4.69, 9.17) is 0 Å². The third-order valence-electron chi connectivity index (χ3n) is 3.02. The first-order valence-corrected chi connectivity index (χ1v) is 6.17. The Hall–Kier alpha value is -2.07. The Morgan fingerprint density at radius 3 is 2.94 bits per heavy atom. The predicted octanol–water partition coefficient (Wildman–Crippen LogP) is 3.00. The summed E-state index contributed by atoms with van der Waals surface area (Å²) in [5.74, 6) is 0. The molecule has 0 fully saturated rings. The molecule has 0 atom stereocenters. The highest BCUT2D eigenvalue weighted by Crippen LogP contribution is 2.31. The van der Waals surface area contributed by atoms with Gasteiger partial charge in [-0.1, -0.05) is 18.2 Å². The summed E-state index contributed by atoms with van der Waals surface area (Å²) < 4.78 is 3.16. The van der Waals surface area contributed by atoms with Gasteiger partial charge in [-0.3, -0.25) is 4.79 Å². The quantitative estimate of drug-likeness (QED) is 0.504. The summed E-state index contributed by atoms with van der Waals surface area (Å²) >= 11 is 1.62. The van der Waals surface area contributed by atoms with Crippen LogP contribution in [0.1, 0.15) is 0 Å². The van der Waals surface area contributed by atoms with Crippen LogP contribution in [0.15, 0.2) is 47.4 Å². The number of benzene rings is 1. The van der Waals surface area contributed by atoms with Crippen molar-refractivity contribution in [1.82, 2.24) is 9.38 Å². The van der Waals surface area contributed by atoms with Crippen LogP contribution in [0.25, 0.3) is 25.9 Å². The summed E-state index contributed by atoms with van der Waals surface area (Å²) in [6.45, 7) is 0. The van der Waals surface area contributed by atoms with Crippen LogP contribution in [0.5, 0.6) is 0 Å². The number of fused-ring (bicyclic) bond motifs is 5. The van der Waals surface area contributed by atoms with Crippen LogP contribution in [-0.2, 0) is 0 Å². The second-order valence-electron chi connectivity index (χ2n) is 3.99. The molecular formula is C13H8N2OS. The largest absolute Gasteiger partial charge is 0.310 e. The van der Waals surface area contributed by atoms with Crippen LogP contribution >= 0.6 is 11.3 Å². The minimum Gasteiger partial charge on any atom is -0.310 e. The van der Waals surface area contributed by atoms with Gasteiger partial charge >= 0.3 is 0 Å². The zero-order valence-electron chi connectivity index (χ0n) is 8.81. The minimum atomic E-state index is -0.0333. The molecule has 0 bridgehead atoms. The summed E-state index contributed by atoms with van der Waals surface area (Å²) in [6.07, 6.45) is 1.94. The van der Waals surface area contributed by atoms with Crippen LogP contribution in [0.2, 0.25) is 0 Å². The van der Waals surface area contributed by atoms with Gasteiger partial charge in [-0.25, -0.2) is 0 Å². The van der Waals surface area contributed by atoms with Crippen molar-refractivity contribution in [2.45, 2.75) is 0 Å². The molecule has 0 saturated heterocycles. The van der Waals surface area contributed by atoms with E-state index in [1.54, 1.807) is 11.3 Å². The number of H-pyrrole nitrogens is 1. The maximum absolute atomic E-state index is 11.9. The van der Waals surface area contributed by atoms with E-state index in [-0.39, 0.29) is 5.56 Å². The van der Waals surface area contributed by atoms with Gasteiger partial charge in [0, 0.05) is 16.3 Å². The topological polar surface area (TPSA) is 37.3 Å². The lowest BCUT2D eigenvalue weighted by Gasteiger charge is -1.97. The molecule has 0 aliphatic heterocycles. The predicted molar refractivity (Wildman–Crippen MR) is 70.9 cm³/mol. The van der Waals surface area contributed by atoms with Crippen molar-refractivity contribution in [3.05, 3.63) is 52.9 Å². The van der Waals surface area contributed by atoms with Crippen molar-refractivity contribution in [3.63, 3.8) is 0 Å². The minimum absolute atomic E-state index is 0.0333. The Kier molecular flexibility index (Phi) is 1.58. The second-order valence-corrected chi connectivity index (χ2v) is 5.05. The number of hydrogen-bond donors (Lipinski definition) is 1. The summed E-state index contributed by atoms with van der Waals surface area (Å²) in [5.41, 5.74) is 1.75. The smallest absolute Gasteiger partial charge is 0.273 e. The van der Waals surface area contributed by atoms with Gasteiger partial charge in [0.05, 0.1) is 5.52 Å². The lowest BCUT2D eigenvalue weighted by atomic mass is 10.2. The molecule has 3 heterocycles. The molecule has 17 heavy (non-hydrogen) atoms. The van der Waals surface area contributed by atoms with Crippen molar-refractivity contribution in [3.8, 4) is 0 Å². The number of hydrogen-bond acceptors (Lipinski definition) is 2. The van der Waals surface area contributed by atoms with E-state index in [0.717, 1.165) is 10.3 Å². The number of thiophene rings is 1. The third-order valence-corrected chi connectivity index (χ3v) is 4.09. The SMILES string of the molecule is O=c1[nH]c2sc3ccccc3c2n2cccc12. The molecule has 0 aliphatic carbocycles. The summed E-state index contributed by atoms with van der Waals surface area (Å²) in [4.78, 5) is 15.7. The lowest BCUT2D eigenvalue weighted by molar-refractivity contribution is 1.21. The maximum atomic E-state index is 11.9. The Labute approximate surface area is 99.9 Å². The fourth-order valence-electron chi connectivity index (χ4n) is 2.28. The van der Waals surface area contributed by atoms with Gasteiger partial charge in [-0.05, 0) is 18.2 Å². The average molecular weight is 240 g/mol. The highest BCUT2D eigenvalue weighted by atomic mass is 32.1. The molecule has 0 spiro atoms. The van der Waals surface area contributed by atoms with Crippen molar-refractivity contribution in [1.29, 1.82) is 0 Å². The van der Waals surface area contributed by atoms with Crippen molar-refractivity contribution in [2.75, 3.05) is 0 Å². The number of aromatic amines is 1. The normalized spacial score (nSPS) is 11.8. The van der Waals surface area contributed by atoms with Crippen molar-refractivity contribution in [2.24, 2.45) is 0 Å². The molecule has 1 aromatic carbocycles. The zero-order valence-corrected chi connectivity index (χ0v) is 9.62. The molecule has 3 nitrogen and oxygen atoms in total. The molecular weight excluding hydrogens is 232 g/mol. The third kappa shape index (κ3) is 1.08. The molecule has 3 aromatic heterocycles. The van der Waals surface area contributed by atoms with Gasteiger partial charge < -0.3 is 9.38 Å². The van der Waals surface area contributed by atoms with Gasteiger partial charge in [-0.2, -0.15) is 0 Å². The van der Waals surface area contributed by atoms with Crippen molar-refractivity contribution < 1.29 is 0 Å². The molecule has 4 rings (SSSR count). The van der Waals surface area contributed by atoms with E-state index in [2.05, 4.69) is 17.1 Å². The van der Waals surface area contributed by atoms with E-state index < -0.39 is 0 Å². The van der Waals surface area contributed by atoms with E-state index >= 15 is 0 Å². The summed E-state index contributed by atoms with van der Waals surface area (Å²) in [7, 11) is 0. The molecule has 0 amide bonds. The monoisotopic (exact) mass is 240 g/mol. The number of nitrogens with one attached hydrogen (secondary N) is 1. The van der Waals surface area contributed by atoms with Gasteiger partial charge in [0.1, 0.15) is 10.3 Å². The highest BCUT2D eigenvalue weighted by molar-refractivity contribution is 7.25. The van der Waals surface area contributed by atoms with Gasteiger partial charge in [-0.15, -0.1) is 11.3 Å². The Morgan fingerprint density at radius 2 is 2.00 bits per heavy atom. The van der Waals surface area contributed by atoms with Crippen LogP contribution in [0, 0.1) is 0 Å². The summed E-state index contributed by atoms with van der Waals surface area (Å²) in [5, 5.41) is 1.19. The van der Waals surface area contributed by atoms with E-state index in [1.165, 1.54) is 10.1 Å². The van der Waals surface area contributed by atoms with Crippen LogP contribution < -0.4 is 5.56 Å². The van der Waals surface area contributed by atoms with E-state index in [9.17, 15) is 4.79 Å². The highest BCUT2D eigenvalue weighted by Gasteiger charge is 2.10. The number of nitrogens with zero attached hydrogens (tertiary/aromatic N) is 1. The van der Waals surface area contributed by atoms with E-state index in [0.29, 0.717) is 5.52 Å². The molecule has 0 aliphatic rings. The first-order chi connectivity index (χ1) is 8.34. The molecule has 82 valence electrons. The first kappa shape index (κ1) is 9.01. The number of rotatable bonds is 0. The first-order valence-electron chi connectivity index (χ1n) is 5.35. The standard InChI is InChI=1S/C13H8N2OS/c16-12-9-5-3-7-15(9)11-8-4-1-2-6-10(8)17-13(11)14-12/h1-7H,(H,14,16). The van der Waals surface area contributed by atoms with E-state index in [1.807, 2.05) is 34.9 Å². The lowest BCUT2D eigenvalue weighted by Crippen LogP contribution is -2.07. The molecule has 1 N–H and O–H groups in total. The average Bonchev–Trinajstić information content (AvgIpc) is 2.90. The fourth-order valence-corrected chi connectivity index (χ4v) is 3.37. The zero-order chi connectivity index (χ0) is 11.4. The molecule has 0 saturated carbocycles. The maximum Gasteiger partial charge on any atom is 0.273 e. The molecule has 0 unspecified atom stereocenters. The number of aromatic nitrogens is 2. The molecule has 4 aromatic rings. The summed E-state index contributed by atoms with van der Waals surface area (Å²) in [6, 6.07) is 11.9. The van der Waals surface area contributed by atoms with Crippen LogP contribution in [0.4, 0.5) is 0 Å². The Morgan fingerprint density at radius 1 is 1.12 bits per heavy atom. The van der Waals surface area contributed by atoms with Crippen molar-refractivity contribution >= 4 is 37.3 Å². The Balaban J connectivity index is 2.46. The van der Waals surface area contributed by atoms with Gasteiger partial charge in [0.15, 0.2) is 0 Å². The van der Waals surface area contributed by atoms with Crippen LogP contribution in [0.3, 0.4) is 0 Å². The van der Waals surface area contributed by atoms with Crippen LogP contribution in [-0.4, -0.2) is 9.38 Å². The van der Waals surface area contributed by atoms with Gasteiger partial charge in [0.25, 0.3) is 5.56 Å². The van der Waals surface area contributed by atoms with Gasteiger partial charge in [0.2, 0.25) is 0 Å². The Bertz CT molecular complexity index is 913. The molecule has 4 heteroatoms.